The largest absolute Gasteiger partial charge is 0.497 e. The van der Waals surface area contributed by atoms with Crippen LogP contribution in [0.5, 0.6) is 5.75 Å². The Balaban J connectivity index is 2.32. The summed E-state index contributed by atoms with van der Waals surface area (Å²) in [5.74, 6) is 1.25. The number of hydrogen-bond donors (Lipinski definition) is 1. The van der Waals surface area contributed by atoms with Gasteiger partial charge in [-0.2, -0.15) is 0 Å². The summed E-state index contributed by atoms with van der Waals surface area (Å²) in [6, 6.07) is 3.41. The highest BCUT2D eigenvalue weighted by atomic mass is 32.2. The monoisotopic (exact) mass is 324 g/mol. The molecule has 0 saturated heterocycles. The molecule has 1 heterocycles. The van der Waals surface area contributed by atoms with E-state index in [-0.39, 0.29) is 11.4 Å². The minimum atomic E-state index is -3.63. The van der Waals surface area contributed by atoms with E-state index in [1.54, 1.807) is 46.9 Å². The molecule has 2 aromatic rings. The molecular formula is C15H20N2O4S. The Hall–Kier alpha value is -1.86. The molecule has 0 aliphatic carbocycles. The molecule has 0 amide bonds. The second-order valence-electron chi connectivity index (χ2n) is 5.22. The summed E-state index contributed by atoms with van der Waals surface area (Å²) < 4.78 is 38.0. The molecule has 22 heavy (non-hydrogen) atoms. The van der Waals surface area contributed by atoms with Crippen molar-refractivity contribution in [3.05, 3.63) is 40.3 Å². The van der Waals surface area contributed by atoms with Crippen LogP contribution in [0, 0.1) is 27.7 Å². The second kappa shape index (κ2) is 6.10. The van der Waals surface area contributed by atoms with Gasteiger partial charge >= 0.3 is 0 Å². The molecule has 1 N–H and O–H groups in total. The zero-order valence-electron chi connectivity index (χ0n) is 13.4. The van der Waals surface area contributed by atoms with Crippen molar-refractivity contribution in [2.75, 3.05) is 7.11 Å². The molecule has 0 atom stereocenters. The van der Waals surface area contributed by atoms with Crippen LogP contribution < -0.4 is 9.46 Å². The lowest BCUT2D eigenvalue weighted by atomic mass is 10.1. The number of methoxy groups -OCH3 is 1. The maximum atomic E-state index is 12.6. The summed E-state index contributed by atoms with van der Waals surface area (Å²) in [4.78, 5) is 0.278. The number of hydrogen-bond acceptors (Lipinski definition) is 5. The van der Waals surface area contributed by atoms with Crippen molar-refractivity contribution in [3.63, 3.8) is 0 Å². The summed E-state index contributed by atoms with van der Waals surface area (Å²) in [5.41, 5.74) is 2.72. The number of aromatic nitrogens is 1. The normalized spacial score (nSPS) is 11.7. The van der Waals surface area contributed by atoms with Gasteiger partial charge in [0.05, 0.1) is 17.7 Å². The molecule has 1 aromatic heterocycles. The van der Waals surface area contributed by atoms with Crippen molar-refractivity contribution in [3.8, 4) is 5.75 Å². The maximum Gasteiger partial charge on any atom is 0.241 e. The van der Waals surface area contributed by atoms with Gasteiger partial charge in [-0.1, -0.05) is 5.16 Å². The minimum absolute atomic E-state index is 0.147. The van der Waals surface area contributed by atoms with Gasteiger partial charge in [0.25, 0.3) is 0 Å². The SMILES string of the molecule is COc1cc(C)c(S(=O)(=O)NCc2c(C)noc2C)c(C)c1. The fraction of sp³-hybridized carbons (Fsp3) is 0.400. The van der Waals surface area contributed by atoms with Gasteiger partial charge in [0.2, 0.25) is 10.0 Å². The highest BCUT2D eigenvalue weighted by Gasteiger charge is 2.21. The van der Waals surface area contributed by atoms with Crippen LogP contribution in [0.1, 0.15) is 28.1 Å². The zero-order valence-corrected chi connectivity index (χ0v) is 14.2. The van der Waals surface area contributed by atoms with Crippen LogP contribution in [0.15, 0.2) is 21.6 Å². The molecule has 1 aromatic carbocycles. The first-order valence-corrected chi connectivity index (χ1v) is 8.31. The molecule has 0 saturated carbocycles. The Kier molecular flexibility index (Phi) is 4.58. The zero-order chi connectivity index (χ0) is 16.5. The molecule has 0 fully saturated rings. The Bertz CT molecular complexity index is 751. The predicted octanol–water partition coefficient (Wildman–Crippen LogP) is 2.40. The molecule has 6 nitrogen and oxygen atoms in total. The first-order valence-electron chi connectivity index (χ1n) is 6.83. The minimum Gasteiger partial charge on any atom is -0.497 e. The maximum absolute atomic E-state index is 12.6. The third-order valence-electron chi connectivity index (χ3n) is 3.56. The van der Waals surface area contributed by atoms with Crippen LogP contribution in [-0.2, 0) is 16.6 Å². The fourth-order valence-corrected chi connectivity index (χ4v) is 3.89. The van der Waals surface area contributed by atoms with Crippen molar-refractivity contribution < 1.29 is 17.7 Å². The van der Waals surface area contributed by atoms with E-state index in [0.717, 1.165) is 5.56 Å². The van der Waals surface area contributed by atoms with Gasteiger partial charge in [0.15, 0.2) is 0 Å². The van der Waals surface area contributed by atoms with E-state index in [4.69, 9.17) is 9.26 Å². The quantitative estimate of drug-likeness (QED) is 0.913. The number of aryl methyl sites for hydroxylation is 4. The number of benzene rings is 1. The van der Waals surface area contributed by atoms with E-state index < -0.39 is 10.0 Å². The van der Waals surface area contributed by atoms with Crippen LogP contribution in [0.25, 0.3) is 0 Å². The van der Waals surface area contributed by atoms with Crippen molar-refractivity contribution in [2.24, 2.45) is 0 Å². The molecule has 0 bridgehead atoms. The number of ether oxygens (including phenoxy) is 1. The van der Waals surface area contributed by atoms with Crippen LogP contribution in [0.3, 0.4) is 0 Å². The van der Waals surface area contributed by atoms with Gasteiger partial charge in [-0.25, -0.2) is 13.1 Å². The average molecular weight is 324 g/mol. The van der Waals surface area contributed by atoms with Gasteiger partial charge in [-0.3, -0.25) is 0 Å². The first kappa shape index (κ1) is 16.5. The molecule has 120 valence electrons. The summed E-state index contributed by atoms with van der Waals surface area (Å²) in [6.45, 7) is 7.19. The first-order chi connectivity index (χ1) is 10.3. The number of nitrogens with one attached hydrogen (secondary N) is 1. The van der Waals surface area contributed by atoms with Crippen molar-refractivity contribution in [1.29, 1.82) is 0 Å². The summed E-state index contributed by atoms with van der Waals surface area (Å²) in [6.07, 6.45) is 0. The highest BCUT2D eigenvalue weighted by Crippen LogP contribution is 2.26. The predicted molar refractivity (Wildman–Crippen MR) is 82.5 cm³/mol. The molecule has 0 unspecified atom stereocenters. The van der Waals surface area contributed by atoms with E-state index in [1.807, 2.05) is 0 Å². The van der Waals surface area contributed by atoms with Crippen LogP contribution in [0.2, 0.25) is 0 Å². The molecule has 7 heteroatoms. The summed E-state index contributed by atoms with van der Waals surface area (Å²) >= 11 is 0. The van der Waals surface area contributed by atoms with E-state index in [9.17, 15) is 8.42 Å². The van der Waals surface area contributed by atoms with Crippen molar-refractivity contribution >= 4 is 10.0 Å². The fourth-order valence-electron chi connectivity index (χ4n) is 2.45. The van der Waals surface area contributed by atoms with Gasteiger partial charge in [0, 0.05) is 12.1 Å². The molecule has 0 aliphatic heterocycles. The Morgan fingerprint density at radius 2 is 1.77 bits per heavy atom. The Morgan fingerprint density at radius 3 is 2.23 bits per heavy atom. The van der Waals surface area contributed by atoms with E-state index in [1.165, 1.54) is 0 Å². The summed E-state index contributed by atoms with van der Waals surface area (Å²) in [5, 5.41) is 3.82. The van der Waals surface area contributed by atoms with Gasteiger partial charge in [-0.05, 0) is 51.0 Å². The van der Waals surface area contributed by atoms with Gasteiger partial charge in [-0.15, -0.1) is 0 Å². The topological polar surface area (TPSA) is 81.4 Å². The molecule has 0 radical (unpaired) electrons. The Morgan fingerprint density at radius 1 is 1.18 bits per heavy atom. The number of nitrogens with zero attached hydrogens (tertiary/aromatic N) is 1. The number of rotatable bonds is 5. The second-order valence-corrected chi connectivity index (χ2v) is 6.92. The van der Waals surface area contributed by atoms with Crippen LogP contribution in [0.4, 0.5) is 0 Å². The van der Waals surface area contributed by atoms with E-state index in [2.05, 4.69) is 9.88 Å². The lowest BCUT2D eigenvalue weighted by Crippen LogP contribution is -2.25. The molecular weight excluding hydrogens is 304 g/mol. The highest BCUT2D eigenvalue weighted by molar-refractivity contribution is 7.89. The van der Waals surface area contributed by atoms with E-state index in [0.29, 0.717) is 28.3 Å². The molecule has 2 rings (SSSR count). The van der Waals surface area contributed by atoms with Crippen LogP contribution in [-0.4, -0.2) is 20.7 Å². The van der Waals surface area contributed by atoms with E-state index >= 15 is 0 Å². The standard InChI is InChI=1S/C15H20N2O4S/c1-9-6-13(20-5)7-10(2)15(9)22(18,19)16-8-14-11(3)17-21-12(14)4/h6-7,16H,8H2,1-5H3. The third-order valence-corrected chi connectivity index (χ3v) is 5.26. The Labute approximate surface area is 130 Å². The lowest BCUT2D eigenvalue weighted by molar-refractivity contribution is 0.392. The third kappa shape index (κ3) is 3.15. The average Bonchev–Trinajstić information content (AvgIpc) is 2.74. The lowest BCUT2D eigenvalue weighted by Gasteiger charge is -2.13. The molecule has 0 aliphatic rings. The smallest absolute Gasteiger partial charge is 0.241 e. The molecule has 0 spiro atoms. The number of sulfonamides is 1. The van der Waals surface area contributed by atoms with Gasteiger partial charge in [0.1, 0.15) is 11.5 Å². The van der Waals surface area contributed by atoms with Crippen molar-refractivity contribution in [1.82, 2.24) is 9.88 Å². The summed E-state index contributed by atoms with van der Waals surface area (Å²) in [7, 11) is -2.08. The van der Waals surface area contributed by atoms with Crippen molar-refractivity contribution in [2.45, 2.75) is 39.1 Å². The van der Waals surface area contributed by atoms with Crippen LogP contribution >= 0.6 is 0 Å². The van der Waals surface area contributed by atoms with Gasteiger partial charge < -0.3 is 9.26 Å².